The minimum Gasteiger partial charge on any atom is -0.303 e. The van der Waals surface area contributed by atoms with Crippen molar-refractivity contribution < 1.29 is 37.7 Å². The first kappa shape index (κ1) is 17.6. The zero-order chi connectivity index (χ0) is 9.94. The fourth-order valence-corrected chi connectivity index (χ4v) is 1.48. The van der Waals surface area contributed by atoms with Crippen LogP contribution in [0.4, 0.5) is 0 Å². The maximum Gasteiger partial charge on any atom is 0 e. The van der Waals surface area contributed by atoms with Gasteiger partial charge in [0.05, 0.1) is 0 Å². The second-order valence-electron chi connectivity index (χ2n) is 3.90. The Balaban J connectivity index is 0. The van der Waals surface area contributed by atoms with Crippen molar-refractivity contribution in [2.75, 3.05) is 19.6 Å². The maximum absolute atomic E-state index is 2.64. The van der Waals surface area contributed by atoms with Gasteiger partial charge in [-0.25, -0.2) is 0 Å². The quantitative estimate of drug-likeness (QED) is 0.578. The summed E-state index contributed by atoms with van der Waals surface area (Å²) in [5, 5.41) is 0. The summed E-state index contributed by atoms with van der Waals surface area (Å²) in [5.41, 5.74) is 0. The summed E-state index contributed by atoms with van der Waals surface area (Å²) in [5.74, 6) is 0. The van der Waals surface area contributed by atoms with Gasteiger partial charge >= 0.3 is 0 Å². The van der Waals surface area contributed by atoms with Gasteiger partial charge < -0.3 is 4.90 Å². The average Bonchev–Trinajstić information content (AvgIpc) is 2.17. The van der Waals surface area contributed by atoms with Gasteiger partial charge in [0.15, 0.2) is 0 Å². The SMILES string of the molecule is CCCCN(CCCC)CCCC.[Ar]. The third-order valence-corrected chi connectivity index (χ3v) is 2.48. The van der Waals surface area contributed by atoms with Gasteiger partial charge in [0.25, 0.3) is 0 Å². The molecule has 0 aromatic rings. The summed E-state index contributed by atoms with van der Waals surface area (Å²) in [6.07, 6.45) is 8.09. The molecule has 0 saturated carbocycles. The standard InChI is InChI=1S/C12H27N.Ar/c1-4-7-10-13(11-8-5-2)12-9-6-3;/h4-12H2,1-3H3;. The zero-order valence-corrected chi connectivity index (χ0v) is 10.9. The Morgan fingerprint density at radius 3 is 1.14 bits per heavy atom. The topological polar surface area (TPSA) is 3.24 Å². The minimum absolute atomic E-state index is 0. The fourth-order valence-electron chi connectivity index (χ4n) is 1.48. The van der Waals surface area contributed by atoms with Crippen LogP contribution in [-0.4, -0.2) is 24.5 Å². The molecule has 88 valence electrons. The molecule has 0 heterocycles. The fraction of sp³-hybridized carbons (Fsp3) is 1.00. The molecule has 1 nitrogen and oxygen atoms in total. The van der Waals surface area contributed by atoms with Gasteiger partial charge in [0.2, 0.25) is 0 Å². The van der Waals surface area contributed by atoms with Gasteiger partial charge in [-0.3, -0.25) is 0 Å². The Kier molecular flexibility index (Phi) is 17.9. The number of hydrogen-bond donors (Lipinski definition) is 0. The molecule has 0 aliphatic heterocycles. The number of rotatable bonds is 9. The minimum atomic E-state index is 0. The molecule has 14 heavy (non-hydrogen) atoms. The van der Waals surface area contributed by atoms with Crippen LogP contribution in [0.15, 0.2) is 0 Å². The maximum atomic E-state index is 2.64. The summed E-state index contributed by atoms with van der Waals surface area (Å²) in [6, 6.07) is 0. The molecule has 0 saturated heterocycles. The van der Waals surface area contributed by atoms with Crippen LogP contribution < -0.4 is 0 Å². The van der Waals surface area contributed by atoms with E-state index >= 15 is 0 Å². The smallest absolute Gasteiger partial charge is 0 e. The Morgan fingerprint density at radius 1 is 0.643 bits per heavy atom. The van der Waals surface area contributed by atoms with E-state index in [1.54, 1.807) is 0 Å². The van der Waals surface area contributed by atoms with Gasteiger partial charge in [0, 0.05) is 37.7 Å². The molecular formula is C12H27ArN. The first-order valence-electron chi connectivity index (χ1n) is 6.07. The predicted octanol–water partition coefficient (Wildman–Crippen LogP) is 3.69. The number of hydrogen-bond acceptors (Lipinski definition) is 1. The van der Waals surface area contributed by atoms with Crippen LogP contribution in [0.1, 0.15) is 59.3 Å². The van der Waals surface area contributed by atoms with Crippen molar-refractivity contribution in [1.82, 2.24) is 4.90 Å². The van der Waals surface area contributed by atoms with Crippen LogP contribution in [-0.2, 0) is 0 Å². The van der Waals surface area contributed by atoms with Crippen LogP contribution in [0.25, 0.3) is 0 Å². The van der Waals surface area contributed by atoms with Crippen LogP contribution in [0.5, 0.6) is 0 Å². The van der Waals surface area contributed by atoms with Gasteiger partial charge in [-0.1, -0.05) is 40.0 Å². The molecule has 0 atom stereocenters. The van der Waals surface area contributed by atoms with Crippen molar-refractivity contribution in [2.24, 2.45) is 0 Å². The van der Waals surface area contributed by atoms with Gasteiger partial charge in [-0.05, 0) is 38.9 Å². The predicted molar refractivity (Wildman–Crippen MR) is 61.2 cm³/mol. The van der Waals surface area contributed by atoms with Crippen molar-refractivity contribution in [3.05, 3.63) is 0 Å². The van der Waals surface area contributed by atoms with E-state index < -0.39 is 0 Å². The molecule has 0 aliphatic carbocycles. The molecule has 0 spiro atoms. The summed E-state index contributed by atoms with van der Waals surface area (Å²) in [7, 11) is 0. The van der Waals surface area contributed by atoms with E-state index in [0.717, 1.165) is 0 Å². The van der Waals surface area contributed by atoms with E-state index in [2.05, 4.69) is 25.7 Å². The normalized spacial score (nSPS) is 10.3. The van der Waals surface area contributed by atoms with Crippen molar-refractivity contribution >= 4 is 0 Å². The van der Waals surface area contributed by atoms with Crippen LogP contribution in [0.2, 0.25) is 0 Å². The first-order valence-corrected chi connectivity index (χ1v) is 6.07. The third kappa shape index (κ3) is 11.3. The monoisotopic (exact) mass is 225 g/mol. The van der Waals surface area contributed by atoms with Crippen molar-refractivity contribution in [2.45, 2.75) is 59.3 Å². The van der Waals surface area contributed by atoms with E-state index in [-0.39, 0.29) is 37.7 Å². The Hall–Kier alpha value is 1.22. The molecule has 0 amide bonds. The van der Waals surface area contributed by atoms with Crippen LogP contribution in [0, 0.1) is 37.7 Å². The van der Waals surface area contributed by atoms with E-state index in [9.17, 15) is 0 Å². The van der Waals surface area contributed by atoms with Crippen molar-refractivity contribution in [3.63, 3.8) is 0 Å². The molecule has 0 aromatic carbocycles. The molecule has 0 aliphatic rings. The molecule has 0 fully saturated rings. The van der Waals surface area contributed by atoms with Crippen molar-refractivity contribution in [3.8, 4) is 0 Å². The molecule has 0 aromatic heterocycles. The molecule has 0 unspecified atom stereocenters. The molecule has 0 radical (unpaired) electrons. The van der Waals surface area contributed by atoms with Crippen molar-refractivity contribution in [1.29, 1.82) is 0 Å². The summed E-state index contributed by atoms with van der Waals surface area (Å²) < 4.78 is 0. The van der Waals surface area contributed by atoms with Gasteiger partial charge in [-0.15, -0.1) is 0 Å². The second kappa shape index (κ2) is 14.2. The molecular weight excluding hydrogens is 198 g/mol. The Morgan fingerprint density at radius 2 is 0.929 bits per heavy atom. The molecule has 2 heteroatoms. The van der Waals surface area contributed by atoms with Crippen LogP contribution >= 0.6 is 0 Å². The Labute approximate surface area is 121 Å². The second-order valence-corrected chi connectivity index (χ2v) is 3.90. The third-order valence-electron chi connectivity index (χ3n) is 2.48. The van der Waals surface area contributed by atoms with E-state index in [1.807, 2.05) is 0 Å². The first-order chi connectivity index (χ1) is 6.35. The van der Waals surface area contributed by atoms with E-state index in [1.165, 1.54) is 58.2 Å². The van der Waals surface area contributed by atoms with E-state index in [0.29, 0.717) is 0 Å². The van der Waals surface area contributed by atoms with Crippen LogP contribution in [0.3, 0.4) is 0 Å². The summed E-state index contributed by atoms with van der Waals surface area (Å²) in [6.45, 7) is 10.8. The largest absolute Gasteiger partial charge is 0.303 e. The van der Waals surface area contributed by atoms with Gasteiger partial charge in [-0.2, -0.15) is 0 Å². The molecule has 0 N–H and O–H groups in total. The number of nitrogens with zero attached hydrogens (tertiary/aromatic N) is 1. The molecule has 0 bridgehead atoms. The van der Waals surface area contributed by atoms with E-state index in [4.69, 9.17) is 0 Å². The van der Waals surface area contributed by atoms with Gasteiger partial charge in [0.1, 0.15) is 0 Å². The average molecular weight is 225 g/mol. The number of unbranched alkanes of at least 4 members (excludes halogenated alkanes) is 3. The Bertz CT molecular complexity index is 77.3. The zero-order valence-electron chi connectivity index (χ0n) is 10.2. The summed E-state index contributed by atoms with van der Waals surface area (Å²) in [4.78, 5) is 2.64. The summed E-state index contributed by atoms with van der Waals surface area (Å²) >= 11 is 0. The molecule has 0 rings (SSSR count).